The van der Waals surface area contributed by atoms with Crippen LogP contribution in [-0.4, -0.2) is 44.3 Å². The van der Waals surface area contributed by atoms with Gasteiger partial charge in [-0.1, -0.05) is 12.8 Å². The zero-order valence-electron chi connectivity index (χ0n) is 14.6. The van der Waals surface area contributed by atoms with Crippen LogP contribution in [0.25, 0.3) is 11.0 Å². The number of amides is 3. The molecule has 4 rings (SSSR count). The molecule has 2 fully saturated rings. The Kier molecular flexibility index (Phi) is 4.18. The van der Waals surface area contributed by atoms with E-state index in [9.17, 15) is 14.4 Å². The van der Waals surface area contributed by atoms with E-state index in [1.165, 1.54) is 4.90 Å². The van der Waals surface area contributed by atoms with Gasteiger partial charge in [-0.15, -0.1) is 0 Å². The standard InChI is InChI=1S/C18H21N5O3/c1-10-14-8-11(9-19-16(14)22-21-10)20-15(24)6-7-23-17(25)12-4-2-3-5-13(12)18(23)26/h8-9,12-13H,2-7H2,1H3,(H,20,24)(H,19,21,22). The molecular formula is C18H21N5O3. The summed E-state index contributed by atoms with van der Waals surface area (Å²) in [6, 6.07) is 1.81. The molecule has 26 heavy (non-hydrogen) atoms. The fourth-order valence-electron chi connectivity index (χ4n) is 3.98. The minimum absolute atomic E-state index is 0.0827. The Balaban J connectivity index is 1.38. The van der Waals surface area contributed by atoms with Gasteiger partial charge in [0.2, 0.25) is 17.7 Å². The summed E-state index contributed by atoms with van der Waals surface area (Å²) in [6.45, 7) is 2.02. The van der Waals surface area contributed by atoms with Crippen LogP contribution in [0.2, 0.25) is 0 Å². The predicted molar refractivity (Wildman–Crippen MR) is 94.0 cm³/mol. The van der Waals surface area contributed by atoms with Gasteiger partial charge in [-0.3, -0.25) is 24.4 Å². The van der Waals surface area contributed by atoms with Crippen molar-refractivity contribution in [2.75, 3.05) is 11.9 Å². The van der Waals surface area contributed by atoms with Crippen LogP contribution in [0.5, 0.6) is 0 Å². The molecule has 136 valence electrons. The SMILES string of the molecule is Cc1[nH]nc2ncc(NC(=O)CCN3C(=O)C4CCCCC4C3=O)cc12. The van der Waals surface area contributed by atoms with E-state index in [0.29, 0.717) is 11.3 Å². The molecule has 2 aromatic rings. The second-order valence-electron chi connectivity index (χ2n) is 7.07. The number of rotatable bonds is 4. The molecule has 0 spiro atoms. The van der Waals surface area contributed by atoms with Crippen molar-refractivity contribution in [2.45, 2.75) is 39.0 Å². The van der Waals surface area contributed by atoms with Crippen LogP contribution in [-0.2, 0) is 14.4 Å². The number of likely N-dealkylation sites (tertiary alicyclic amines) is 1. The molecule has 8 nitrogen and oxygen atoms in total. The molecule has 0 aromatic carbocycles. The second kappa shape index (κ2) is 6.51. The van der Waals surface area contributed by atoms with E-state index in [2.05, 4.69) is 20.5 Å². The lowest BCUT2D eigenvalue weighted by Gasteiger charge is -2.19. The number of imide groups is 1. The van der Waals surface area contributed by atoms with E-state index in [1.54, 1.807) is 12.3 Å². The van der Waals surface area contributed by atoms with Crippen LogP contribution in [0, 0.1) is 18.8 Å². The fraction of sp³-hybridized carbons (Fsp3) is 0.500. The highest BCUT2D eigenvalue weighted by atomic mass is 16.2. The zero-order chi connectivity index (χ0) is 18.3. The molecule has 3 heterocycles. The quantitative estimate of drug-likeness (QED) is 0.813. The molecule has 3 amide bonds. The van der Waals surface area contributed by atoms with E-state index >= 15 is 0 Å². The van der Waals surface area contributed by atoms with Gasteiger partial charge in [0.1, 0.15) is 0 Å². The average Bonchev–Trinajstić information content (AvgIpc) is 3.12. The summed E-state index contributed by atoms with van der Waals surface area (Å²) in [5, 5.41) is 10.5. The van der Waals surface area contributed by atoms with Gasteiger partial charge in [-0.05, 0) is 25.8 Å². The van der Waals surface area contributed by atoms with Gasteiger partial charge in [0.15, 0.2) is 5.65 Å². The normalized spacial score (nSPS) is 22.7. The van der Waals surface area contributed by atoms with E-state index in [4.69, 9.17) is 0 Å². The summed E-state index contributed by atoms with van der Waals surface area (Å²) < 4.78 is 0. The lowest BCUT2D eigenvalue weighted by Crippen LogP contribution is -2.34. The molecule has 1 aliphatic heterocycles. The number of carbonyl (C=O) groups is 3. The molecule has 8 heteroatoms. The Hall–Kier alpha value is -2.77. The average molecular weight is 355 g/mol. The monoisotopic (exact) mass is 355 g/mol. The molecule has 0 radical (unpaired) electrons. The van der Waals surface area contributed by atoms with Crippen LogP contribution in [0.4, 0.5) is 5.69 Å². The van der Waals surface area contributed by atoms with Crippen molar-refractivity contribution in [1.82, 2.24) is 20.1 Å². The zero-order valence-corrected chi connectivity index (χ0v) is 14.6. The molecule has 0 bridgehead atoms. The van der Waals surface area contributed by atoms with E-state index in [0.717, 1.165) is 36.8 Å². The number of anilines is 1. The Morgan fingerprint density at radius 3 is 2.65 bits per heavy atom. The predicted octanol–water partition coefficient (Wildman–Crippen LogP) is 1.77. The van der Waals surface area contributed by atoms with Gasteiger partial charge in [0.05, 0.1) is 23.7 Å². The lowest BCUT2D eigenvalue weighted by molar-refractivity contribution is -0.140. The first kappa shape index (κ1) is 16.7. The van der Waals surface area contributed by atoms with Crippen LogP contribution >= 0.6 is 0 Å². The molecular weight excluding hydrogens is 334 g/mol. The van der Waals surface area contributed by atoms with Gasteiger partial charge in [-0.2, -0.15) is 5.10 Å². The van der Waals surface area contributed by atoms with Crippen LogP contribution in [0.1, 0.15) is 37.8 Å². The lowest BCUT2D eigenvalue weighted by atomic mass is 9.81. The van der Waals surface area contributed by atoms with Crippen molar-refractivity contribution in [3.63, 3.8) is 0 Å². The Morgan fingerprint density at radius 1 is 1.27 bits per heavy atom. The number of nitrogens with zero attached hydrogens (tertiary/aromatic N) is 3. The highest BCUT2D eigenvalue weighted by Crippen LogP contribution is 2.37. The maximum atomic E-state index is 12.4. The highest BCUT2D eigenvalue weighted by Gasteiger charge is 2.47. The molecule has 2 unspecified atom stereocenters. The number of nitrogens with one attached hydrogen (secondary N) is 2. The third-order valence-electron chi connectivity index (χ3n) is 5.38. The van der Waals surface area contributed by atoms with Crippen molar-refractivity contribution in [3.05, 3.63) is 18.0 Å². The van der Waals surface area contributed by atoms with E-state index in [-0.39, 0.29) is 42.5 Å². The van der Waals surface area contributed by atoms with E-state index in [1.807, 2.05) is 6.92 Å². The second-order valence-corrected chi connectivity index (χ2v) is 7.07. The maximum Gasteiger partial charge on any atom is 0.233 e. The Bertz CT molecular complexity index is 866. The largest absolute Gasteiger partial charge is 0.325 e. The minimum atomic E-state index is -0.247. The first-order valence-electron chi connectivity index (χ1n) is 9.00. The number of aromatic nitrogens is 3. The third kappa shape index (κ3) is 2.85. The molecule has 2 aliphatic rings. The number of hydrogen-bond donors (Lipinski definition) is 2. The molecule has 1 saturated carbocycles. The molecule has 2 aromatic heterocycles. The van der Waals surface area contributed by atoms with Gasteiger partial charge in [0, 0.05) is 24.0 Å². The van der Waals surface area contributed by atoms with Crippen molar-refractivity contribution in [3.8, 4) is 0 Å². The van der Waals surface area contributed by atoms with Gasteiger partial charge < -0.3 is 5.32 Å². The summed E-state index contributed by atoms with van der Waals surface area (Å²) in [4.78, 5) is 42.6. The Morgan fingerprint density at radius 2 is 1.96 bits per heavy atom. The maximum absolute atomic E-state index is 12.4. The first-order chi connectivity index (χ1) is 12.5. The van der Waals surface area contributed by atoms with Crippen LogP contribution in [0.3, 0.4) is 0 Å². The molecule has 2 atom stereocenters. The number of pyridine rings is 1. The van der Waals surface area contributed by atoms with Crippen LogP contribution < -0.4 is 5.32 Å². The number of aromatic amines is 1. The van der Waals surface area contributed by atoms with Gasteiger partial charge in [0.25, 0.3) is 0 Å². The fourth-order valence-corrected chi connectivity index (χ4v) is 3.98. The van der Waals surface area contributed by atoms with Gasteiger partial charge >= 0.3 is 0 Å². The van der Waals surface area contributed by atoms with Crippen LogP contribution in [0.15, 0.2) is 12.3 Å². The molecule has 2 N–H and O–H groups in total. The summed E-state index contributed by atoms with van der Waals surface area (Å²) in [6.07, 6.45) is 5.19. The number of carbonyl (C=O) groups excluding carboxylic acids is 3. The summed E-state index contributed by atoms with van der Waals surface area (Å²) in [7, 11) is 0. The van der Waals surface area contributed by atoms with Crippen molar-refractivity contribution in [1.29, 1.82) is 0 Å². The number of hydrogen-bond acceptors (Lipinski definition) is 5. The smallest absolute Gasteiger partial charge is 0.233 e. The van der Waals surface area contributed by atoms with Crippen molar-refractivity contribution in [2.24, 2.45) is 11.8 Å². The summed E-state index contributed by atoms with van der Waals surface area (Å²) in [5.41, 5.74) is 2.04. The number of aryl methyl sites for hydroxylation is 1. The third-order valence-corrected chi connectivity index (χ3v) is 5.38. The van der Waals surface area contributed by atoms with Crippen molar-refractivity contribution >= 4 is 34.4 Å². The minimum Gasteiger partial charge on any atom is -0.325 e. The highest BCUT2D eigenvalue weighted by molar-refractivity contribution is 6.05. The molecule has 1 saturated heterocycles. The Labute approximate surface area is 150 Å². The van der Waals surface area contributed by atoms with Gasteiger partial charge in [-0.25, -0.2) is 4.98 Å². The van der Waals surface area contributed by atoms with E-state index < -0.39 is 0 Å². The number of H-pyrrole nitrogens is 1. The number of fused-ring (bicyclic) bond motifs is 2. The van der Waals surface area contributed by atoms with Crippen molar-refractivity contribution < 1.29 is 14.4 Å². The summed E-state index contributed by atoms with van der Waals surface area (Å²) >= 11 is 0. The first-order valence-corrected chi connectivity index (χ1v) is 9.00. The topological polar surface area (TPSA) is 108 Å². The summed E-state index contributed by atoms with van der Waals surface area (Å²) in [5.74, 6) is -0.804. The molecule has 1 aliphatic carbocycles.